The van der Waals surface area contributed by atoms with E-state index in [1.807, 2.05) is 13.8 Å². The molecule has 0 radical (unpaired) electrons. The molecular weight excluding hydrogens is 206 g/mol. The molecule has 0 fully saturated rings. The van der Waals surface area contributed by atoms with Crippen LogP contribution >= 0.6 is 0 Å². The quantitative estimate of drug-likeness (QED) is 0.781. The highest BCUT2D eigenvalue weighted by Crippen LogP contribution is 2.11. The van der Waals surface area contributed by atoms with Gasteiger partial charge in [-0.25, -0.2) is 14.8 Å². The number of aromatic nitrogens is 2. The number of hydrogen-bond donors (Lipinski definition) is 1. The molecule has 1 unspecified atom stereocenters. The minimum atomic E-state index is -0.390. The molecule has 1 rings (SSSR count). The van der Waals surface area contributed by atoms with Crippen LogP contribution in [-0.4, -0.2) is 29.1 Å². The van der Waals surface area contributed by atoms with Crippen LogP contribution in [0.5, 0.6) is 0 Å². The number of esters is 1. The van der Waals surface area contributed by atoms with Crippen LogP contribution in [0.3, 0.4) is 0 Å². The van der Waals surface area contributed by atoms with Crippen molar-refractivity contribution >= 4 is 11.8 Å². The predicted molar refractivity (Wildman–Crippen MR) is 61.0 cm³/mol. The first kappa shape index (κ1) is 12.4. The Hall–Kier alpha value is -1.65. The Morgan fingerprint density at radius 1 is 1.50 bits per heavy atom. The van der Waals surface area contributed by atoms with Crippen LogP contribution in [0.15, 0.2) is 12.3 Å². The molecule has 0 saturated carbocycles. The van der Waals surface area contributed by atoms with Crippen LogP contribution in [0, 0.1) is 12.8 Å². The lowest BCUT2D eigenvalue weighted by Crippen LogP contribution is -2.35. The van der Waals surface area contributed by atoms with Gasteiger partial charge in [0, 0.05) is 6.20 Å². The smallest absolute Gasteiger partial charge is 0.328 e. The van der Waals surface area contributed by atoms with E-state index >= 15 is 0 Å². The molecule has 0 saturated heterocycles. The molecule has 16 heavy (non-hydrogen) atoms. The second-order valence-corrected chi connectivity index (χ2v) is 3.88. The molecular formula is C11H17N3O2. The first-order valence-electron chi connectivity index (χ1n) is 5.18. The van der Waals surface area contributed by atoms with E-state index in [2.05, 4.69) is 15.3 Å². The number of methoxy groups -OCH3 is 1. The lowest BCUT2D eigenvalue weighted by molar-refractivity contribution is -0.142. The maximum absolute atomic E-state index is 11.5. The number of nitrogens with one attached hydrogen (secondary N) is 1. The number of ether oxygens (including phenoxy) is 1. The molecule has 1 heterocycles. The van der Waals surface area contributed by atoms with Gasteiger partial charge in [-0.1, -0.05) is 13.8 Å². The van der Waals surface area contributed by atoms with Gasteiger partial charge in [-0.05, 0) is 18.9 Å². The van der Waals surface area contributed by atoms with E-state index in [-0.39, 0.29) is 17.9 Å². The number of hydrogen-bond acceptors (Lipinski definition) is 5. The summed E-state index contributed by atoms with van der Waals surface area (Å²) in [5.41, 5.74) is 0. The van der Waals surface area contributed by atoms with E-state index in [1.54, 1.807) is 19.2 Å². The van der Waals surface area contributed by atoms with Crippen LogP contribution < -0.4 is 5.32 Å². The SMILES string of the molecule is COC(=O)C(Nc1ccnc(C)n1)C(C)C. The topological polar surface area (TPSA) is 64.1 Å². The zero-order chi connectivity index (χ0) is 12.1. The van der Waals surface area contributed by atoms with Gasteiger partial charge in [0.1, 0.15) is 17.7 Å². The van der Waals surface area contributed by atoms with Gasteiger partial charge in [0.05, 0.1) is 7.11 Å². The summed E-state index contributed by atoms with van der Waals surface area (Å²) in [6, 6.07) is 1.34. The first-order chi connectivity index (χ1) is 7.54. The summed E-state index contributed by atoms with van der Waals surface area (Å²) in [6.45, 7) is 5.69. The van der Waals surface area contributed by atoms with Gasteiger partial charge in [0.25, 0.3) is 0 Å². The van der Waals surface area contributed by atoms with Crippen molar-refractivity contribution in [2.24, 2.45) is 5.92 Å². The van der Waals surface area contributed by atoms with E-state index in [9.17, 15) is 4.79 Å². The van der Waals surface area contributed by atoms with Gasteiger partial charge in [-0.15, -0.1) is 0 Å². The summed E-state index contributed by atoms with van der Waals surface area (Å²) in [7, 11) is 1.38. The normalized spacial score (nSPS) is 12.3. The Labute approximate surface area is 95.3 Å². The van der Waals surface area contributed by atoms with Gasteiger partial charge in [0.2, 0.25) is 0 Å². The van der Waals surface area contributed by atoms with Crippen molar-refractivity contribution in [2.75, 3.05) is 12.4 Å². The van der Waals surface area contributed by atoms with Crippen molar-refractivity contribution in [3.63, 3.8) is 0 Å². The molecule has 0 bridgehead atoms. The zero-order valence-corrected chi connectivity index (χ0v) is 10.0. The number of aryl methyl sites for hydroxylation is 1. The Morgan fingerprint density at radius 2 is 2.19 bits per heavy atom. The van der Waals surface area contributed by atoms with Gasteiger partial charge in [-0.3, -0.25) is 0 Å². The fourth-order valence-corrected chi connectivity index (χ4v) is 1.32. The second-order valence-electron chi connectivity index (χ2n) is 3.88. The lowest BCUT2D eigenvalue weighted by atomic mass is 10.0. The highest BCUT2D eigenvalue weighted by molar-refractivity contribution is 5.79. The van der Waals surface area contributed by atoms with Gasteiger partial charge in [-0.2, -0.15) is 0 Å². The molecule has 0 spiro atoms. The molecule has 5 nitrogen and oxygen atoms in total. The van der Waals surface area contributed by atoms with Crippen LogP contribution in [0.4, 0.5) is 5.82 Å². The van der Waals surface area contributed by atoms with Crippen LogP contribution in [0.2, 0.25) is 0 Å². The van der Waals surface area contributed by atoms with Crippen molar-refractivity contribution in [1.82, 2.24) is 9.97 Å². The number of carbonyl (C=O) groups excluding carboxylic acids is 1. The molecule has 1 N–H and O–H groups in total. The molecule has 0 aromatic carbocycles. The summed E-state index contributed by atoms with van der Waals surface area (Å²) >= 11 is 0. The number of anilines is 1. The third kappa shape index (κ3) is 3.18. The average molecular weight is 223 g/mol. The minimum absolute atomic E-state index is 0.128. The summed E-state index contributed by atoms with van der Waals surface area (Å²) in [4.78, 5) is 19.7. The molecule has 0 amide bonds. The largest absolute Gasteiger partial charge is 0.467 e. The molecule has 0 aliphatic heterocycles. The summed E-state index contributed by atoms with van der Waals surface area (Å²) in [5.74, 6) is 1.14. The van der Waals surface area contributed by atoms with Crippen molar-refractivity contribution in [2.45, 2.75) is 26.8 Å². The van der Waals surface area contributed by atoms with Crippen molar-refractivity contribution in [1.29, 1.82) is 0 Å². The molecule has 1 aromatic rings. The Morgan fingerprint density at radius 3 is 2.69 bits per heavy atom. The van der Waals surface area contributed by atoms with Crippen molar-refractivity contribution in [3.8, 4) is 0 Å². The van der Waals surface area contributed by atoms with Crippen molar-refractivity contribution in [3.05, 3.63) is 18.1 Å². The lowest BCUT2D eigenvalue weighted by Gasteiger charge is -2.20. The minimum Gasteiger partial charge on any atom is -0.467 e. The summed E-state index contributed by atoms with van der Waals surface area (Å²) in [5, 5.41) is 3.04. The van der Waals surface area contributed by atoms with Gasteiger partial charge >= 0.3 is 5.97 Å². The molecule has 1 aromatic heterocycles. The van der Waals surface area contributed by atoms with E-state index in [4.69, 9.17) is 4.74 Å². The first-order valence-corrected chi connectivity index (χ1v) is 5.18. The maximum Gasteiger partial charge on any atom is 0.328 e. The fraction of sp³-hybridized carbons (Fsp3) is 0.545. The second kappa shape index (κ2) is 5.44. The van der Waals surface area contributed by atoms with E-state index in [0.717, 1.165) is 0 Å². The predicted octanol–water partition coefficient (Wildman–Crippen LogP) is 1.39. The highest BCUT2D eigenvalue weighted by atomic mass is 16.5. The standard InChI is InChI=1S/C11H17N3O2/c1-7(2)10(11(15)16-4)14-9-5-6-12-8(3)13-9/h5-7,10H,1-4H3,(H,12,13,14). The van der Waals surface area contributed by atoms with Gasteiger partial charge in [0.15, 0.2) is 0 Å². The third-order valence-corrected chi connectivity index (χ3v) is 2.20. The van der Waals surface area contributed by atoms with Crippen molar-refractivity contribution < 1.29 is 9.53 Å². The maximum atomic E-state index is 11.5. The number of carbonyl (C=O) groups is 1. The van der Waals surface area contributed by atoms with Crippen LogP contribution in [0.25, 0.3) is 0 Å². The zero-order valence-electron chi connectivity index (χ0n) is 10.0. The number of rotatable bonds is 4. The van der Waals surface area contributed by atoms with E-state index in [1.165, 1.54) is 7.11 Å². The third-order valence-electron chi connectivity index (χ3n) is 2.20. The number of nitrogens with zero attached hydrogens (tertiary/aromatic N) is 2. The Kier molecular flexibility index (Phi) is 4.22. The van der Waals surface area contributed by atoms with E-state index in [0.29, 0.717) is 11.6 Å². The Bertz CT molecular complexity index is 366. The molecule has 0 aliphatic carbocycles. The van der Waals surface area contributed by atoms with Gasteiger partial charge < -0.3 is 10.1 Å². The van der Waals surface area contributed by atoms with Crippen LogP contribution in [-0.2, 0) is 9.53 Å². The fourth-order valence-electron chi connectivity index (χ4n) is 1.32. The molecule has 88 valence electrons. The average Bonchev–Trinajstić information content (AvgIpc) is 2.24. The molecule has 1 atom stereocenters. The highest BCUT2D eigenvalue weighted by Gasteiger charge is 2.22. The van der Waals surface area contributed by atoms with E-state index < -0.39 is 0 Å². The summed E-state index contributed by atoms with van der Waals surface area (Å²) in [6.07, 6.45) is 1.65. The monoisotopic (exact) mass is 223 g/mol. The molecule has 5 heteroatoms. The van der Waals surface area contributed by atoms with Crippen LogP contribution in [0.1, 0.15) is 19.7 Å². The Balaban J connectivity index is 2.79. The summed E-state index contributed by atoms with van der Waals surface area (Å²) < 4.78 is 4.73. The molecule has 0 aliphatic rings.